The van der Waals surface area contributed by atoms with Gasteiger partial charge in [-0.1, -0.05) is 29.8 Å². The molecule has 11 heteroatoms. The van der Waals surface area contributed by atoms with Gasteiger partial charge in [0, 0.05) is 18.1 Å². The van der Waals surface area contributed by atoms with E-state index in [1.165, 1.54) is 23.5 Å². The summed E-state index contributed by atoms with van der Waals surface area (Å²) < 4.78 is 38.4. The standard InChI is InChI=1S/C22H26ClN3O6S/c1-15-12-17(8-9-19(15)31-2)33(29,30)26-10-5-11-32-20(26)14-25-22(28)21(27)24-13-16-6-3-4-7-18(16)23/h3-4,6-9,12,20H,5,10-11,13-14H2,1-2H3,(H,24,27)(H,25,28). The monoisotopic (exact) mass is 495 g/mol. The van der Waals surface area contributed by atoms with Crippen LogP contribution in [0.5, 0.6) is 5.75 Å². The van der Waals surface area contributed by atoms with Crippen LogP contribution in [0.4, 0.5) is 0 Å². The second kappa shape index (κ2) is 11.0. The average molecular weight is 496 g/mol. The highest BCUT2D eigenvalue weighted by Gasteiger charge is 2.35. The molecule has 1 fully saturated rings. The highest BCUT2D eigenvalue weighted by molar-refractivity contribution is 7.89. The van der Waals surface area contributed by atoms with Crippen molar-refractivity contribution in [2.45, 2.75) is 31.0 Å². The van der Waals surface area contributed by atoms with Crippen LogP contribution < -0.4 is 15.4 Å². The topological polar surface area (TPSA) is 114 Å². The van der Waals surface area contributed by atoms with Gasteiger partial charge >= 0.3 is 11.8 Å². The molecule has 0 aromatic heterocycles. The Labute approximate surface area is 198 Å². The molecular formula is C22H26ClN3O6S. The summed E-state index contributed by atoms with van der Waals surface area (Å²) in [5, 5.41) is 5.42. The van der Waals surface area contributed by atoms with Crippen molar-refractivity contribution in [1.29, 1.82) is 0 Å². The third kappa shape index (κ3) is 6.02. The third-order valence-electron chi connectivity index (χ3n) is 5.17. The van der Waals surface area contributed by atoms with Gasteiger partial charge in [0.05, 0.1) is 25.2 Å². The molecule has 2 aromatic carbocycles. The minimum Gasteiger partial charge on any atom is -0.496 e. The van der Waals surface area contributed by atoms with Crippen molar-refractivity contribution in [2.75, 3.05) is 26.8 Å². The Bertz CT molecular complexity index is 1120. The first kappa shape index (κ1) is 25.0. The Morgan fingerprint density at radius 2 is 1.91 bits per heavy atom. The van der Waals surface area contributed by atoms with Crippen LogP contribution >= 0.6 is 11.6 Å². The summed E-state index contributed by atoms with van der Waals surface area (Å²) >= 11 is 6.05. The van der Waals surface area contributed by atoms with E-state index in [9.17, 15) is 18.0 Å². The summed E-state index contributed by atoms with van der Waals surface area (Å²) in [6.07, 6.45) is -0.427. The van der Waals surface area contributed by atoms with E-state index in [4.69, 9.17) is 21.1 Å². The number of ether oxygens (including phenoxy) is 2. The van der Waals surface area contributed by atoms with Gasteiger partial charge in [-0.05, 0) is 48.7 Å². The summed E-state index contributed by atoms with van der Waals surface area (Å²) in [6, 6.07) is 11.5. The third-order valence-corrected chi connectivity index (χ3v) is 7.42. The molecule has 1 heterocycles. The lowest BCUT2D eigenvalue weighted by Gasteiger charge is -2.34. The van der Waals surface area contributed by atoms with E-state index < -0.39 is 28.1 Å². The van der Waals surface area contributed by atoms with Crippen LogP contribution in [0, 0.1) is 6.92 Å². The summed E-state index contributed by atoms with van der Waals surface area (Å²) in [5.41, 5.74) is 1.35. The Kier molecular flexibility index (Phi) is 8.30. The van der Waals surface area contributed by atoms with Crippen LogP contribution in [0.2, 0.25) is 5.02 Å². The number of aryl methyl sites for hydroxylation is 1. The van der Waals surface area contributed by atoms with Crippen molar-refractivity contribution in [2.24, 2.45) is 0 Å². The second-order valence-corrected chi connectivity index (χ2v) is 9.71. The van der Waals surface area contributed by atoms with E-state index >= 15 is 0 Å². The fourth-order valence-electron chi connectivity index (χ4n) is 3.41. The molecule has 0 saturated carbocycles. The number of rotatable bonds is 7. The van der Waals surface area contributed by atoms with Gasteiger partial charge in [-0.3, -0.25) is 9.59 Å². The predicted octanol–water partition coefficient (Wildman–Crippen LogP) is 1.83. The van der Waals surface area contributed by atoms with Gasteiger partial charge in [0.15, 0.2) is 0 Å². The van der Waals surface area contributed by atoms with E-state index in [1.54, 1.807) is 37.3 Å². The highest BCUT2D eigenvalue weighted by atomic mass is 35.5. The zero-order valence-electron chi connectivity index (χ0n) is 18.3. The van der Waals surface area contributed by atoms with E-state index in [0.717, 1.165) is 0 Å². The molecule has 2 N–H and O–H groups in total. The molecule has 1 unspecified atom stereocenters. The lowest BCUT2D eigenvalue weighted by molar-refractivity contribution is -0.140. The maximum Gasteiger partial charge on any atom is 0.309 e. The summed E-state index contributed by atoms with van der Waals surface area (Å²) in [5.74, 6) is -1.17. The molecule has 178 valence electrons. The molecular weight excluding hydrogens is 470 g/mol. The number of benzene rings is 2. The maximum atomic E-state index is 13.2. The maximum absolute atomic E-state index is 13.2. The van der Waals surface area contributed by atoms with Gasteiger partial charge in [-0.2, -0.15) is 4.31 Å². The van der Waals surface area contributed by atoms with Gasteiger partial charge in [0.2, 0.25) is 10.0 Å². The number of carbonyl (C=O) groups excluding carboxylic acids is 2. The van der Waals surface area contributed by atoms with Crippen LogP contribution in [0.15, 0.2) is 47.4 Å². The van der Waals surface area contributed by atoms with Crippen LogP contribution in [0.1, 0.15) is 17.5 Å². The number of sulfonamides is 1. The number of hydrogen-bond donors (Lipinski definition) is 2. The van der Waals surface area contributed by atoms with Gasteiger partial charge in [0.1, 0.15) is 12.0 Å². The molecule has 1 aliphatic heterocycles. The van der Waals surface area contributed by atoms with Gasteiger partial charge in [-0.25, -0.2) is 8.42 Å². The minimum absolute atomic E-state index is 0.0865. The lowest BCUT2D eigenvalue weighted by Crippen LogP contribution is -2.53. The summed E-state index contributed by atoms with van der Waals surface area (Å²) in [6.45, 7) is 2.24. The van der Waals surface area contributed by atoms with Crippen molar-refractivity contribution in [3.8, 4) is 5.75 Å². The quantitative estimate of drug-likeness (QED) is 0.566. The second-order valence-electron chi connectivity index (χ2n) is 7.41. The molecule has 2 aromatic rings. The normalized spacial score (nSPS) is 16.8. The van der Waals surface area contributed by atoms with Crippen molar-refractivity contribution in [3.63, 3.8) is 0 Å². The largest absolute Gasteiger partial charge is 0.496 e. The van der Waals surface area contributed by atoms with Gasteiger partial charge in [-0.15, -0.1) is 0 Å². The molecule has 9 nitrogen and oxygen atoms in total. The molecule has 0 bridgehead atoms. The Morgan fingerprint density at radius 1 is 1.18 bits per heavy atom. The van der Waals surface area contributed by atoms with Crippen LogP contribution in [-0.2, 0) is 30.9 Å². The molecule has 0 spiro atoms. The average Bonchev–Trinajstić information content (AvgIpc) is 2.81. The fourth-order valence-corrected chi connectivity index (χ4v) is 5.26. The number of hydrogen-bond acceptors (Lipinski definition) is 6. The van der Waals surface area contributed by atoms with E-state index in [-0.39, 0.29) is 24.5 Å². The predicted molar refractivity (Wildman–Crippen MR) is 122 cm³/mol. The molecule has 0 radical (unpaired) electrons. The Balaban J connectivity index is 1.63. The lowest BCUT2D eigenvalue weighted by atomic mass is 10.2. The smallest absolute Gasteiger partial charge is 0.309 e. The summed E-state index contributed by atoms with van der Waals surface area (Å²) in [4.78, 5) is 24.5. The molecule has 2 amide bonds. The molecule has 3 rings (SSSR count). The first-order valence-corrected chi connectivity index (χ1v) is 12.1. The van der Waals surface area contributed by atoms with Crippen LogP contribution in [0.25, 0.3) is 0 Å². The van der Waals surface area contributed by atoms with Gasteiger partial charge < -0.3 is 20.1 Å². The van der Waals surface area contributed by atoms with Crippen LogP contribution in [-0.4, -0.2) is 57.6 Å². The Morgan fingerprint density at radius 3 is 2.61 bits per heavy atom. The van der Waals surface area contributed by atoms with E-state index in [1.807, 2.05) is 0 Å². The minimum atomic E-state index is -3.89. The SMILES string of the molecule is COc1ccc(S(=O)(=O)N2CCCOC2CNC(=O)C(=O)NCc2ccccc2Cl)cc1C. The number of amides is 2. The molecule has 1 aliphatic rings. The number of carbonyl (C=O) groups is 2. The van der Waals surface area contributed by atoms with Crippen molar-refractivity contribution in [3.05, 3.63) is 58.6 Å². The van der Waals surface area contributed by atoms with Crippen molar-refractivity contribution in [1.82, 2.24) is 14.9 Å². The molecule has 1 atom stereocenters. The summed E-state index contributed by atoms with van der Waals surface area (Å²) in [7, 11) is -2.38. The van der Waals surface area contributed by atoms with Crippen molar-refractivity contribution >= 4 is 33.4 Å². The van der Waals surface area contributed by atoms with Gasteiger partial charge in [0.25, 0.3) is 0 Å². The molecule has 33 heavy (non-hydrogen) atoms. The molecule has 1 saturated heterocycles. The fraction of sp³-hybridized carbons (Fsp3) is 0.364. The van der Waals surface area contributed by atoms with Crippen molar-refractivity contribution < 1.29 is 27.5 Å². The number of methoxy groups -OCH3 is 1. The van der Waals surface area contributed by atoms with E-state index in [2.05, 4.69) is 10.6 Å². The first-order valence-electron chi connectivity index (χ1n) is 10.3. The number of halogens is 1. The number of nitrogens with zero attached hydrogens (tertiary/aromatic N) is 1. The Hall–Kier alpha value is -2.66. The van der Waals surface area contributed by atoms with E-state index in [0.29, 0.717) is 34.9 Å². The number of nitrogens with one attached hydrogen (secondary N) is 2. The zero-order chi connectivity index (χ0) is 24.0. The first-order chi connectivity index (χ1) is 15.7. The van der Waals surface area contributed by atoms with Crippen LogP contribution in [0.3, 0.4) is 0 Å². The zero-order valence-corrected chi connectivity index (χ0v) is 19.9. The highest BCUT2D eigenvalue weighted by Crippen LogP contribution is 2.26. The molecule has 0 aliphatic carbocycles.